The maximum Gasteiger partial charge on any atom is 0.161 e. The smallest absolute Gasteiger partial charge is 0.161 e. The Labute approximate surface area is 122 Å². The number of pyridine rings is 1. The van der Waals surface area contributed by atoms with Crippen molar-refractivity contribution in [2.45, 2.75) is 19.4 Å². The van der Waals surface area contributed by atoms with E-state index in [1.807, 2.05) is 23.7 Å². The van der Waals surface area contributed by atoms with Gasteiger partial charge in [0.05, 0.1) is 10.0 Å². The van der Waals surface area contributed by atoms with Gasteiger partial charge in [-0.3, -0.25) is 0 Å². The molecule has 1 unspecified atom stereocenters. The van der Waals surface area contributed by atoms with Crippen molar-refractivity contribution in [3.8, 4) is 0 Å². The summed E-state index contributed by atoms with van der Waals surface area (Å²) in [5.74, 6) is 7.57. The normalized spacial score (nSPS) is 12.3. The first-order chi connectivity index (χ1) is 8.51. The maximum atomic E-state index is 6.17. The van der Waals surface area contributed by atoms with Gasteiger partial charge in [-0.15, -0.1) is 0 Å². The first kappa shape index (κ1) is 15.7. The molecule has 3 N–H and O–H groups in total. The molecule has 1 aromatic rings. The van der Waals surface area contributed by atoms with Gasteiger partial charge in [0.1, 0.15) is 5.82 Å². The second-order valence-electron chi connectivity index (χ2n) is 4.01. The summed E-state index contributed by atoms with van der Waals surface area (Å²) in [5.41, 5.74) is 2.47. The molecule has 1 aromatic heterocycles. The number of halogens is 2. The van der Waals surface area contributed by atoms with Gasteiger partial charge in [-0.2, -0.15) is 11.8 Å². The number of thioether (sulfide) groups is 1. The number of nitrogens with one attached hydrogen (secondary N) is 1. The average molecular weight is 309 g/mol. The molecule has 0 aliphatic carbocycles. The fourth-order valence-electron chi connectivity index (χ4n) is 1.50. The van der Waals surface area contributed by atoms with Crippen molar-refractivity contribution < 1.29 is 0 Å². The molecule has 4 nitrogen and oxygen atoms in total. The molecule has 0 amide bonds. The van der Waals surface area contributed by atoms with Crippen LogP contribution in [-0.4, -0.2) is 30.1 Å². The van der Waals surface area contributed by atoms with Crippen LogP contribution in [0.25, 0.3) is 0 Å². The molecule has 0 saturated carbocycles. The zero-order chi connectivity index (χ0) is 13.7. The van der Waals surface area contributed by atoms with E-state index in [1.165, 1.54) is 0 Å². The Morgan fingerprint density at radius 2 is 2.17 bits per heavy atom. The number of aromatic nitrogens is 1. The highest BCUT2D eigenvalue weighted by Crippen LogP contribution is 2.31. The summed E-state index contributed by atoms with van der Waals surface area (Å²) in [7, 11) is 1.97. The van der Waals surface area contributed by atoms with Gasteiger partial charge < -0.3 is 10.3 Å². The molecule has 1 heterocycles. The molecule has 0 aliphatic rings. The van der Waals surface area contributed by atoms with Gasteiger partial charge in [0.15, 0.2) is 5.82 Å². The minimum absolute atomic E-state index is 0.342. The summed E-state index contributed by atoms with van der Waals surface area (Å²) in [6.45, 7) is 2.14. The predicted molar refractivity (Wildman–Crippen MR) is 82.9 cm³/mol. The van der Waals surface area contributed by atoms with Gasteiger partial charge in [0.25, 0.3) is 0 Å². The molecule has 18 heavy (non-hydrogen) atoms. The second-order valence-corrected chi connectivity index (χ2v) is 5.81. The van der Waals surface area contributed by atoms with Crippen molar-refractivity contribution in [2.24, 2.45) is 5.84 Å². The Hall–Kier alpha value is -0.360. The third-order valence-corrected chi connectivity index (χ3v) is 3.99. The van der Waals surface area contributed by atoms with Crippen LogP contribution in [0.15, 0.2) is 6.07 Å². The number of rotatable bonds is 6. The molecule has 0 saturated heterocycles. The lowest BCUT2D eigenvalue weighted by atomic mass is 10.2. The van der Waals surface area contributed by atoms with Crippen LogP contribution < -0.4 is 16.2 Å². The van der Waals surface area contributed by atoms with Crippen molar-refractivity contribution in [3.63, 3.8) is 0 Å². The molecular formula is C11H18Cl2N4S. The summed E-state index contributed by atoms with van der Waals surface area (Å²) in [5, 5.41) is 0.939. The van der Waals surface area contributed by atoms with Crippen LogP contribution in [0.1, 0.15) is 13.3 Å². The van der Waals surface area contributed by atoms with Crippen molar-refractivity contribution in [1.29, 1.82) is 0 Å². The molecule has 1 atom stereocenters. The maximum absolute atomic E-state index is 6.17. The Morgan fingerprint density at radius 3 is 2.72 bits per heavy atom. The Bertz CT molecular complexity index is 403. The number of hydrazine groups is 1. The minimum atomic E-state index is 0.342. The highest BCUT2D eigenvalue weighted by molar-refractivity contribution is 7.98. The van der Waals surface area contributed by atoms with E-state index in [4.69, 9.17) is 29.0 Å². The number of anilines is 2. The van der Waals surface area contributed by atoms with Crippen molar-refractivity contribution in [3.05, 3.63) is 16.1 Å². The van der Waals surface area contributed by atoms with Crippen LogP contribution >= 0.6 is 35.0 Å². The molecular weight excluding hydrogens is 291 g/mol. The molecule has 0 aromatic carbocycles. The molecule has 0 spiro atoms. The lowest BCUT2D eigenvalue weighted by Gasteiger charge is -2.27. The number of hydrogen-bond acceptors (Lipinski definition) is 5. The zero-order valence-electron chi connectivity index (χ0n) is 10.7. The van der Waals surface area contributed by atoms with Crippen LogP contribution in [0.2, 0.25) is 10.0 Å². The third kappa shape index (κ3) is 3.82. The topological polar surface area (TPSA) is 54.2 Å². The van der Waals surface area contributed by atoms with Gasteiger partial charge in [-0.1, -0.05) is 23.2 Å². The Morgan fingerprint density at radius 1 is 1.50 bits per heavy atom. The Balaban J connectivity index is 2.94. The number of hydrogen-bond donors (Lipinski definition) is 2. The lowest BCUT2D eigenvalue weighted by molar-refractivity contribution is 0.662. The molecule has 7 heteroatoms. The fourth-order valence-corrected chi connectivity index (χ4v) is 2.62. The fraction of sp³-hybridized carbons (Fsp3) is 0.545. The summed E-state index contributed by atoms with van der Waals surface area (Å²) >= 11 is 14.0. The molecule has 0 aliphatic heterocycles. The van der Waals surface area contributed by atoms with E-state index >= 15 is 0 Å². The molecule has 0 fully saturated rings. The lowest BCUT2D eigenvalue weighted by Crippen LogP contribution is -2.30. The molecule has 0 radical (unpaired) electrons. The van der Waals surface area contributed by atoms with Crippen LogP contribution in [0, 0.1) is 0 Å². The number of nitrogens with zero attached hydrogens (tertiary/aromatic N) is 2. The van der Waals surface area contributed by atoms with Crippen LogP contribution in [0.5, 0.6) is 0 Å². The van der Waals surface area contributed by atoms with Crippen LogP contribution in [0.3, 0.4) is 0 Å². The summed E-state index contributed by atoms with van der Waals surface area (Å²) in [6, 6.07) is 1.99. The second kappa shape index (κ2) is 7.28. The number of nitrogen functional groups attached to an aromatic ring is 1. The summed E-state index contributed by atoms with van der Waals surface area (Å²) in [4.78, 5) is 6.38. The predicted octanol–water partition coefficient (Wildman–Crippen LogP) is 3.25. The minimum Gasteiger partial charge on any atom is -0.356 e. The zero-order valence-corrected chi connectivity index (χ0v) is 13.0. The largest absolute Gasteiger partial charge is 0.356 e. The monoisotopic (exact) mass is 308 g/mol. The van der Waals surface area contributed by atoms with E-state index in [2.05, 4.69) is 23.6 Å². The number of nitrogens with two attached hydrogens (primary N) is 1. The van der Waals surface area contributed by atoms with Gasteiger partial charge >= 0.3 is 0 Å². The highest BCUT2D eigenvalue weighted by atomic mass is 35.5. The van der Waals surface area contributed by atoms with Gasteiger partial charge in [0, 0.05) is 13.1 Å². The van der Waals surface area contributed by atoms with E-state index in [0.717, 1.165) is 12.2 Å². The van der Waals surface area contributed by atoms with Crippen molar-refractivity contribution >= 4 is 46.6 Å². The Kier molecular flexibility index (Phi) is 6.35. The molecule has 102 valence electrons. The SMILES string of the molecule is CSCCC(C)N(C)c1nc(NN)c(Cl)cc1Cl. The van der Waals surface area contributed by atoms with Crippen LogP contribution in [-0.2, 0) is 0 Å². The van der Waals surface area contributed by atoms with E-state index in [1.54, 1.807) is 6.07 Å². The first-order valence-electron chi connectivity index (χ1n) is 5.55. The quantitative estimate of drug-likeness (QED) is 0.624. The van der Waals surface area contributed by atoms with Crippen molar-refractivity contribution in [2.75, 3.05) is 29.4 Å². The third-order valence-electron chi connectivity index (χ3n) is 2.78. The van der Waals surface area contributed by atoms with E-state index in [0.29, 0.717) is 27.7 Å². The van der Waals surface area contributed by atoms with Gasteiger partial charge in [-0.25, -0.2) is 10.8 Å². The van der Waals surface area contributed by atoms with E-state index < -0.39 is 0 Å². The van der Waals surface area contributed by atoms with Crippen molar-refractivity contribution in [1.82, 2.24) is 4.98 Å². The molecule has 0 bridgehead atoms. The van der Waals surface area contributed by atoms with E-state index in [-0.39, 0.29) is 0 Å². The highest BCUT2D eigenvalue weighted by Gasteiger charge is 2.16. The summed E-state index contributed by atoms with van der Waals surface area (Å²) < 4.78 is 0. The standard InChI is InChI=1S/C11H18Cl2N4S/c1-7(4-5-18-3)17(2)11-9(13)6-8(12)10(15-11)16-14/h6-7H,4-5,14H2,1-3H3,(H,15,16). The van der Waals surface area contributed by atoms with E-state index in [9.17, 15) is 0 Å². The first-order valence-corrected chi connectivity index (χ1v) is 7.70. The van der Waals surface area contributed by atoms with Gasteiger partial charge in [-0.05, 0) is 31.4 Å². The van der Waals surface area contributed by atoms with Gasteiger partial charge in [0.2, 0.25) is 0 Å². The van der Waals surface area contributed by atoms with Crippen LogP contribution in [0.4, 0.5) is 11.6 Å². The average Bonchev–Trinajstić information content (AvgIpc) is 2.35. The summed E-state index contributed by atoms with van der Waals surface area (Å²) in [6.07, 6.45) is 3.15. The molecule has 1 rings (SSSR count).